The van der Waals surface area contributed by atoms with Gasteiger partial charge >= 0.3 is 0 Å². The summed E-state index contributed by atoms with van der Waals surface area (Å²) in [5, 5.41) is 7.51. The largest absolute Gasteiger partial charge is 0.356 e. The van der Waals surface area contributed by atoms with Gasteiger partial charge in [0.25, 0.3) is 0 Å². The van der Waals surface area contributed by atoms with Crippen molar-refractivity contribution in [1.29, 1.82) is 0 Å². The predicted octanol–water partition coefficient (Wildman–Crippen LogP) is 3.31. The van der Waals surface area contributed by atoms with Crippen molar-refractivity contribution in [2.24, 2.45) is 0 Å². The lowest BCUT2D eigenvalue weighted by Crippen LogP contribution is -2.24. The van der Waals surface area contributed by atoms with Crippen LogP contribution in [-0.4, -0.2) is 18.5 Å². The molecule has 0 saturated heterocycles. The topological polar surface area (TPSA) is 41.1 Å². The summed E-state index contributed by atoms with van der Waals surface area (Å²) >= 11 is 12.4. The Kier molecular flexibility index (Phi) is 5.70. The molecule has 3 nitrogen and oxygen atoms in total. The van der Waals surface area contributed by atoms with E-state index in [-0.39, 0.29) is 5.91 Å². The fraction of sp³-hybridized carbons (Fsp3) is 0.533. The summed E-state index contributed by atoms with van der Waals surface area (Å²) in [6.45, 7) is 3.22. The number of carbonyl (C=O) groups is 1. The molecule has 1 amide bonds. The average molecular weight is 315 g/mol. The molecule has 0 heterocycles. The lowest BCUT2D eigenvalue weighted by atomic mass is 10.1. The van der Waals surface area contributed by atoms with E-state index in [9.17, 15) is 4.79 Å². The van der Waals surface area contributed by atoms with Gasteiger partial charge in [-0.3, -0.25) is 4.79 Å². The quantitative estimate of drug-likeness (QED) is 0.810. The summed E-state index contributed by atoms with van der Waals surface area (Å²) in [6, 6.07) is 4.59. The third-order valence-corrected chi connectivity index (χ3v) is 4.22. The van der Waals surface area contributed by atoms with Gasteiger partial charge in [-0.25, -0.2) is 0 Å². The van der Waals surface area contributed by atoms with Gasteiger partial charge in [0.15, 0.2) is 0 Å². The molecule has 2 N–H and O–H groups in total. The third-order valence-electron chi connectivity index (χ3n) is 3.38. The Morgan fingerprint density at radius 3 is 2.75 bits per heavy atom. The molecule has 1 aliphatic rings. The molecule has 2 rings (SSSR count). The second-order valence-electron chi connectivity index (χ2n) is 5.16. The SMILES string of the molecule is CCC(=O)NCCc1cc(Cl)c(Cl)c(CNC2CC2)c1. The van der Waals surface area contributed by atoms with Crippen molar-refractivity contribution in [1.82, 2.24) is 10.6 Å². The van der Waals surface area contributed by atoms with Gasteiger partial charge in [0.05, 0.1) is 10.0 Å². The highest BCUT2D eigenvalue weighted by Crippen LogP contribution is 2.29. The molecule has 5 heteroatoms. The van der Waals surface area contributed by atoms with E-state index in [2.05, 4.69) is 16.7 Å². The van der Waals surface area contributed by atoms with Crippen LogP contribution in [0.5, 0.6) is 0 Å². The van der Waals surface area contributed by atoms with Gasteiger partial charge in [-0.2, -0.15) is 0 Å². The number of rotatable bonds is 7. The van der Waals surface area contributed by atoms with E-state index in [1.807, 2.05) is 13.0 Å². The Morgan fingerprint density at radius 2 is 2.10 bits per heavy atom. The summed E-state index contributed by atoms with van der Waals surface area (Å²) in [7, 11) is 0. The fourth-order valence-corrected chi connectivity index (χ4v) is 2.43. The van der Waals surface area contributed by atoms with Crippen LogP contribution in [0.15, 0.2) is 12.1 Å². The first-order valence-corrected chi connectivity index (χ1v) is 7.82. The van der Waals surface area contributed by atoms with Crippen molar-refractivity contribution >= 4 is 29.1 Å². The van der Waals surface area contributed by atoms with Crippen LogP contribution in [0, 0.1) is 0 Å². The molecular formula is C15H20Cl2N2O. The lowest BCUT2D eigenvalue weighted by Gasteiger charge is -2.11. The number of benzene rings is 1. The molecule has 0 unspecified atom stereocenters. The van der Waals surface area contributed by atoms with Crippen LogP contribution in [0.4, 0.5) is 0 Å². The number of hydrogen-bond acceptors (Lipinski definition) is 2. The Hall–Kier alpha value is -0.770. The maximum atomic E-state index is 11.2. The number of nitrogens with one attached hydrogen (secondary N) is 2. The minimum Gasteiger partial charge on any atom is -0.356 e. The van der Waals surface area contributed by atoms with E-state index in [1.54, 1.807) is 0 Å². The standard InChI is InChI=1S/C15H20Cl2N2O/c1-2-14(20)18-6-5-10-7-11(9-19-12-3-4-12)15(17)13(16)8-10/h7-8,12,19H,2-6,9H2,1H3,(H,18,20). The molecule has 1 aliphatic carbocycles. The van der Waals surface area contributed by atoms with E-state index in [1.165, 1.54) is 12.8 Å². The molecule has 110 valence electrons. The first-order valence-electron chi connectivity index (χ1n) is 7.07. The zero-order valence-electron chi connectivity index (χ0n) is 11.6. The number of halogens is 2. The molecule has 20 heavy (non-hydrogen) atoms. The summed E-state index contributed by atoms with van der Waals surface area (Å²) in [5.41, 5.74) is 2.13. The Labute approximate surface area is 130 Å². The molecule has 0 spiro atoms. The van der Waals surface area contributed by atoms with Crippen LogP contribution < -0.4 is 10.6 Å². The van der Waals surface area contributed by atoms with Crippen LogP contribution in [0.1, 0.15) is 37.3 Å². The van der Waals surface area contributed by atoms with Crippen LogP contribution in [-0.2, 0) is 17.8 Å². The van der Waals surface area contributed by atoms with Crippen LogP contribution in [0.25, 0.3) is 0 Å². The maximum Gasteiger partial charge on any atom is 0.219 e. The van der Waals surface area contributed by atoms with Crippen molar-refractivity contribution in [3.05, 3.63) is 33.3 Å². The van der Waals surface area contributed by atoms with E-state index < -0.39 is 0 Å². The van der Waals surface area contributed by atoms with E-state index in [0.29, 0.717) is 29.1 Å². The monoisotopic (exact) mass is 314 g/mol. The number of carbonyl (C=O) groups excluding carboxylic acids is 1. The van der Waals surface area contributed by atoms with Crippen molar-refractivity contribution in [2.45, 2.75) is 45.2 Å². The van der Waals surface area contributed by atoms with E-state index in [4.69, 9.17) is 23.2 Å². The molecule has 1 aromatic rings. The van der Waals surface area contributed by atoms with Crippen LogP contribution in [0.3, 0.4) is 0 Å². The highest BCUT2D eigenvalue weighted by atomic mass is 35.5. The molecule has 1 aromatic carbocycles. The summed E-state index contributed by atoms with van der Waals surface area (Å²) < 4.78 is 0. The molecule has 1 fully saturated rings. The number of amides is 1. The zero-order valence-corrected chi connectivity index (χ0v) is 13.2. The minimum absolute atomic E-state index is 0.0701. The average Bonchev–Trinajstić information content (AvgIpc) is 3.24. The molecule has 0 aromatic heterocycles. The summed E-state index contributed by atoms with van der Waals surface area (Å²) in [4.78, 5) is 11.2. The number of hydrogen-bond donors (Lipinski definition) is 2. The normalized spacial score (nSPS) is 14.3. The maximum absolute atomic E-state index is 11.2. The van der Waals surface area contributed by atoms with Gasteiger partial charge in [-0.15, -0.1) is 0 Å². The minimum atomic E-state index is 0.0701. The zero-order chi connectivity index (χ0) is 14.5. The lowest BCUT2D eigenvalue weighted by molar-refractivity contribution is -0.120. The third kappa shape index (κ3) is 4.65. The van der Waals surface area contributed by atoms with Crippen molar-refractivity contribution in [2.75, 3.05) is 6.54 Å². The Bertz CT molecular complexity index is 487. The van der Waals surface area contributed by atoms with Gasteiger partial charge in [-0.1, -0.05) is 36.2 Å². The van der Waals surface area contributed by atoms with Crippen LogP contribution in [0.2, 0.25) is 10.0 Å². The van der Waals surface area contributed by atoms with E-state index in [0.717, 1.165) is 24.1 Å². The van der Waals surface area contributed by atoms with Gasteiger partial charge in [0, 0.05) is 25.6 Å². The second-order valence-corrected chi connectivity index (χ2v) is 5.94. The molecule has 0 bridgehead atoms. The fourth-order valence-electron chi connectivity index (χ4n) is 1.99. The highest BCUT2D eigenvalue weighted by molar-refractivity contribution is 6.42. The smallest absolute Gasteiger partial charge is 0.219 e. The van der Waals surface area contributed by atoms with Crippen molar-refractivity contribution in [3.8, 4) is 0 Å². The molecule has 0 atom stereocenters. The molecular weight excluding hydrogens is 295 g/mol. The van der Waals surface area contributed by atoms with Crippen molar-refractivity contribution < 1.29 is 4.79 Å². The first kappa shape index (κ1) is 15.6. The summed E-state index contributed by atoms with van der Waals surface area (Å²) in [5.74, 6) is 0.0701. The van der Waals surface area contributed by atoms with E-state index >= 15 is 0 Å². The van der Waals surface area contributed by atoms with Gasteiger partial charge in [0.1, 0.15) is 0 Å². The predicted molar refractivity (Wildman–Crippen MR) is 83.3 cm³/mol. The molecule has 0 aliphatic heterocycles. The Morgan fingerprint density at radius 1 is 1.35 bits per heavy atom. The van der Waals surface area contributed by atoms with Gasteiger partial charge in [-0.05, 0) is 36.5 Å². The first-order chi connectivity index (χ1) is 9.60. The molecule has 1 saturated carbocycles. The van der Waals surface area contributed by atoms with Gasteiger partial charge in [0.2, 0.25) is 5.91 Å². The summed E-state index contributed by atoms with van der Waals surface area (Å²) in [6.07, 6.45) is 3.76. The Balaban J connectivity index is 1.95. The van der Waals surface area contributed by atoms with Crippen molar-refractivity contribution in [3.63, 3.8) is 0 Å². The van der Waals surface area contributed by atoms with Crippen LogP contribution >= 0.6 is 23.2 Å². The van der Waals surface area contributed by atoms with Gasteiger partial charge < -0.3 is 10.6 Å². The molecule has 0 radical (unpaired) electrons. The second kappa shape index (κ2) is 7.30. The highest BCUT2D eigenvalue weighted by Gasteiger charge is 2.20.